The average Bonchev–Trinajstić information content (AvgIpc) is 2.57. The molecule has 23 heavy (non-hydrogen) atoms. The lowest BCUT2D eigenvalue weighted by Crippen LogP contribution is -1.85. The molecule has 0 aliphatic rings. The van der Waals surface area contributed by atoms with Crippen molar-refractivity contribution in [1.82, 2.24) is 0 Å². The number of ether oxygens (including phenoxy) is 1. The fourth-order valence-corrected chi connectivity index (χ4v) is 2.89. The van der Waals surface area contributed by atoms with Gasteiger partial charge in [-0.3, -0.25) is 0 Å². The van der Waals surface area contributed by atoms with Gasteiger partial charge in [-0.15, -0.1) is 0 Å². The smallest absolute Gasteiger partial charge is 0.0873 e. The second-order valence-electron chi connectivity index (χ2n) is 6.98. The van der Waals surface area contributed by atoms with E-state index in [0.29, 0.717) is 0 Å². The predicted octanol–water partition coefficient (Wildman–Crippen LogP) is 8.19. The largest absolute Gasteiger partial charge is 0.502 e. The Kier molecular flexibility index (Phi) is 21.1. The Bertz CT molecular complexity index is 222. The standard InChI is InChI=1S/C22H44O/c1-3-5-7-8-9-10-11-12-13-14-15-16-17-18-19-20-22-23-21-6-4-2/h20,22H,3-19,21H2,1-2H3. The highest BCUT2D eigenvalue weighted by molar-refractivity contribution is 4.73. The Balaban J connectivity index is 3.00. The van der Waals surface area contributed by atoms with Crippen molar-refractivity contribution in [3.8, 4) is 0 Å². The lowest BCUT2D eigenvalue weighted by molar-refractivity contribution is 0.242. The zero-order valence-corrected chi connectivity index (χ0v) is 16.3. The minimum absolute atomic E-state index is 0.881. The Labute approximate surface area is 147 Å². The molecule has 1 heteroatoms. The van der Waals surface area contributed by atoms with Crippen molar-refractivity contribution >= 4 is 0 Å². The molecule has 1 nitrogen and oxygen atoms in total. The monoisotopic (exact) mass is 324 g/mol. The van der Waals surface area contributed by atoms with E-state index in [-0.39, 0.29) is 0 Å². The first-order chi connectivity index (χ1) is 11.4. The minimum Gasteiger partial charge on any atom is -0.502 e. The van der Waals surface area contributed by atoms with Gasteiger partial charge >= 0.3 is 0 Å². The molecule has 138 valence electrons. The van der Waals surface area contributed by atoms with E-state index in [1.54, 1.807) is 0 Å². The van der Waals surface area contributed by atoms with Crippen LogP contribution in [0.15, 0.2) is 12.3 Å². The van der Waals surface area contributed by atoms with Gasteiger partial charge in [-0.25, -0.2) is 0 Å². The van der Waals surface area contributed by atoms with Crippen LogP contribution in [0.2, 0.25) is 0 Å². The van der Waals surface area contributed by atoms with E-state index in [1.807, 2.05) is 6.26 Å². The van der Waals surface area contributed by atoms with E-state index < -0.39 is 0 Å². The lowest BCUT2D eigenvalue weighted by atomic mass is 10.0. The van der Waals surface area contributed by atoms with Gasteiger partial charge in [0.2, 0.25) is 0 Å². The van der Waals surface area contributed by atoms with E-state index in [9.17, 15) is 0 Å². The number of rotatable bonds is 19. The summed E-state index contributed by atoms with van der Waals surface area (Å²) in [5, 5.41) is 0. The number of hydrogen-bond donors (Lipinski definition) is 0. The van der Waals surface area contributed by atoms with Gasteiger partial charge in [-0.2, -0.15) is 0 Å². The molecular weight excluding hydrogens is 280 g/mol. The summed E-state index contributed by atoms with van der Waals surface area (Å²) in [5.74, 6) is 0. The highest BCUT2D eigenvalue weighted by Crippen LogP contribution is 2.13. The van der Waals surface area contributed by atoms with Gasteiger partial charge in [-0.05, 0) is 25.3 Å². The molecule has 0 N–H and O–H groups in total. The predicted molar refractivity (Wildman–Crippen MR) is 105 cm³/mol. The molecule has 0 amide bonds. The van der Waals surface area contributed by atoms with Gasteiger partial charge in [0.05, 0.1) is 12.9 Å². The highest BCUT2D eigenvalue weighted by atomic mass is 16.5. The van der Waals surface area contributed by atoms with Crippen LogP contribution in [0.5, 0.6) is 0 Å². The summed E-state index contributed by atoms with van der Waals surface area (Å²) < 4.78 is 5.41. The fraction of sp³-hybridized carbons (Fsp3) is 0.909. The Morgan fingerprint density at radius 2 is 0.957 bits per heavy atom. The molecule has 0 fully saturated rings. The third kappa shape index (κ3) is 21.5. The van der Waals surface area contributed by atoms with Gasteiger partial charge in [-0.1, -0.05) is 104 Å². The molecule has 0 saturated carbocycles. The molecule has 0 aromatic heterocycles. The topological polar surface area (TPSA) is 9.23 Å². The van der Waals surface area contributed by atoms with E-state index >= 15 is 0 Å². The van der Waals surface area contributed by atoms with Crippen molar-refractivity contribution in [2.24, 2.45) is 0 Å². The van der Waals surface area contributed by atoms with Crippen LogP contribution in [0, 0.1) is 0 Å². The molecule has 0 aliphatic carbocycles. The van der Waals surface area contributed by atoms with Crippen LogP contribution in [0.3, 0.4) is 0 Å². The third-order valence-electron chi connectivity index (χ3n) is 4.53. The zero-order chi connectivity index (χ0) is 16.8. The highest BCUT2D eigenvalue weighted by Gasteiger charge is 1.93. The van der Waals surface area contributed by atoms with Crippen molar-refractivity contribution in [2.75, 3.05) is 6.61 Å². The third-order valence-corrected chi connectivity index (χ3v) is 4.53. The maximum atomic E-state index is 5.41. The summed E-state index contributed by atoms with van der Waals surface area (Å²) in [6.07, 6.45) is 27.7. The molecule has 0 unspecified atom stereocenters. The van der Waals surface area contributed by atoms with E-state index in [1.165, 1.54) is 109 Å². The Hall–Kier alpha value is -0.460. The number of hydrogen-bond acceptors (Lipinski definition) is 1. The molecule has 0 rings (SSSR count). The number of allylic oxidation sites excluding steroid dienone is 1. The Morgan fingerprint density at radius 3 is 1.43 bits per heavy atom. The van der Waals surface area contributed by atoms with Crippen molar-refractivity contribution < 1.29 is 4.74 Å². The van der Waals surface area contributed by atoms with Crippen molar-refractivity contribution in [3.63, 3.8) is 0 Å². The zero-order valence-electron chi connectivity index (χ0n) is 16.3. The van der Waals surface area contributed by atoms with Crippen molar-refractivity contribution in [3.05, 3.63) is 12.3 Å². The second kappa shape index (κ2) is 21.5. The molecule has 0 aromatic rings. The van der Waals surface area contributed by atoms with E-state index in [4.69, 9.17) is 4.74 Å². The van der Waals surface area contributed by atoms with Crippen LogP contribution in [-0.4, -0.2) is 6.61 Å². The summed E-state index contributed by atoms with van der Waals surface area (Å²) in [7, 11) is 0. The lowest BCUT2D eigenvalue weighted by Gasteiger charge is -2.03. The van der Waals surface area contributed by atoms with Gasteiger partial charge in [0.1, 0.15) is 0 Å². The van der Waals surface area contributed by atoms with Crippen LogP contribution in [0.25, 0.3) is 0 Å². The van der Waals surface area contributed by atoms with Gasteiger partial charge in [0, 0.05) is 0 Å². The molecule has 0 heterocycles. The fourth-order valence-electron chi connectivity index (χ4n) is 2.89. The Morgan fingerprint density at radius 1 is 0.522 bits per heavy atom. The molecule has 0 spiro atoms. The normalized spacial score (nSPS) is 11.4. The van der Waals surface area contributed by atoms with Crippen LogP contribution in [0.1, 0.15) is 123 Å². The first kappa shape index (κ1) is 22.5. The molecule has 0 radical (unpaired) electrons. The van der Waals surface area contributed by atoms with Crippen LogP contribution < -0.4 is 0 Å². The van der Waals surface area contributed by atoms with E-state index in [2.05, 4.69) is 19.9 Å². The molecule has 0 aliphatic heterocycles. The van der Waals surface area contributed by atoms with Gasteiger partial charge < -0.3 is 4.74 Å². The molecule has 0 atom stereocenters. The summed E-state index contributed by atoms with van der Waals surface area (Å²) >= 11 is 0. The van der Waals surface area contributed by atoms with Gasteiger partial charge in [0.15, 0.2) is 0 Å². The molecule has 0 saturated heterocycles. The summed E-state index contributed by atoms with van der Waals surface area (Å²) in [6.45, 7) is 5.37. The molecule has 0 aromatic carbocycles. The maximum absolute atomic E-state index is 5.41. The molecule has 0 bridgehead atoms. The quantitative estimate of drug-likeness (QED) is 0.172. The van der Waals surface area contributed by atoms with E-state index in [0.717, 1.165) is 6.61 Å². The first-order valence-corrected chi connectivity index (χ1v) is 10.7. The second-order valence-corrected chi connectivity index (χ2v) is 6.98. The van der Waals surface area contributed by atoms with Crippen molar-refractivity contribution in [1.29, 1.82) is 0 Å². The first-order valence-electron chi connectivity index (χ1n) is 10.7. The van der Waals surface area contributed by atoms with Crippen LogP contribution >= 0.6 is 0 Å². The summed E-state index contributed by atoms with van der Waals surface area (Å²) in [4.78, 5) is 0. The summed E-state index contributed by atoms with van der Waals surface area (Å²) in [5.41, 5.74) is 0. The number of unbranched alkanes of at least 4 members (excludes halogenated alkanes) is 15. The SMILES string of the molecule is CCCCCCCCCCCCCCCCC=COCCCC. The average molecular weight is 325 g/mol. The minimum atomic E-state index is 0.881. The van der Waals surface area contributed by atoms with Crippen LogP contribution in [-0.2, 0) is 4.74 Å². The van der Waals surface area contributed by atoms with Crippen LogP contribution in [0.4, 0.5) is 0 Å². The maximum Gasteiger partial charge on any atom is 0.0873 e. The van der Waals surface area contributed by atoms with Crippen molar-refractivity contribution in [2.45, 2.75) is 123 Å². The molecular formula is C22H44O. The summed E-state index contributed by atoms with van der Waals surface area (Å²) in [6, 6.07) is 0. The van der Waals surface area contributed by atoms with Gasteiger partial charge in [0.25, 0.3) is 0 Å².